The van der Waals surface area contributed by atoms with E-state index in [1.54, 1.807) is 18.2 Å². The molecule has 0 bridgehead atoms. The van der Waals surface area contributed by atoms with Crippen molar-refractivity contribution < 1.29 is 34.1 Å². The number of hydrogen-bond donors (Lipinski definition) is 6. The standard InChI is InChI=1S/C32H41N5O7/c38-18-20-6-7-25-24(10-20)29(30(40)35-25)37(16-21-14-33-31(41)34-15-21)17-27(39)26(11-19-4-2-1-3-5-19)36-32(42)44-23-12-22-8-9-43-28(22)13-23/h1-7,10,21-23,26-29,38-39H,8-9,11-18H2,(H,35,40)(H,36,42)(H2,33,34,41)/t22-,23?,26?,27+,28+,29?/m0/s1. The molecule has 236 valence electrons. The molecule has 6 N–H and O–H groups in total. The molecular formula is C32H41N5O7. The SMILES string of the molecule is O=C1NCC(CN(C[C@@H](O)C(Cc2ccccc2)NC(=O)OC2C[C@@H]3CCO[C@@H]3C2)C2C(=O)Nc3ccc(CO)cc32)CN1. The summed E-state index contributed by atoms with van der Waals surface area (Å²) in [5, 5.41) is 33.0. The number of nitrogens with zero attached hydrogens (tertiary/aromatic N) is 1. The Kier molecular flexibility index (Phi) is 9.31. The van der Waals surface area contributed by atoms with Gasteiger partial charge in [0.25, 0.3) is 0 Å². The number of carbonyl (C=O) groups is 3. The normalized spacial score (nSPS) is 25.9. The van der Waals surface area contributed by atoms with Crippen molar-refractivity contribution in [2.75, 3.05) is 38.1 Å². The van der Waals surface area contributed by atoms with Gasteiger partial charge in [0.05, 0.1) is 24.9 Å². The van der Waals surface area contributed by atoms with Gasteiger partial charge >= 0.3 is 12.1 Å². The zero-order valence-corrected chi connectivity index (χ0v) is 24.6. The molecule has 1 saturated carbocycles. The number of hydrogen-bond acceptors (Lipinski definition) is 8. The topological polar surface area (TPSA) is 161 Å². The predicted octanol–water partition coefficient (Wildman–Crippen LogP) is 1.67. The molecule has 2 saturated heterocycles. The van der Waals surface area contributed by atoms with Gasteiger partial charge in [-0.1, -0.05) is 36.4 Å². The Hall–Kier alpha value is -3.71. The van der Waals surface area contributed by atoms with E-state index in [1.807, 2.05) is 35.2 Å². The second kappa shape index (κ2) is 13.5. The van der Waals surface area contributed by atoms with E-state index in [0.29, 0.717) is 55.2 Å². The average molecular weight is 608 g/mol. The number of urea groups is 1. The highest BCUT2D eigenvalue weighted by Gasteiger charge is 2.41. The van der Waals surface area contributed by atoms with Gasteiger partial charge < -0.3 is 41.0 Å². The van der Waals surface area contributed by atoms with Gasteiger partial charge in [0, 0.05) is 56.4 Å². The highest BCUT2D eigenvalue weighted by molar-refractivity contribution is 6.02. The molecule has 3 heterocycles. The number of amides is 4. The van der Waals surface area contributed by atoms with Crippen molar-refractivity contribution in [3.05, 3.63) is 65.2 Å². The molecule has 6 atom stereocenters. The van der Waals surface area contributed by atoms with E-state index in [1.165, 1.54) is 0 Å². The summed E-state index contributed by atoms with van der Waals surface area (Å²) in [6.45, 7) is 1.87. The van der Waals surface area contributed by atoms with Crippen LogP contribution in [0.3, 0.4) is 0 Å². The first kappa shape index (κ1) is 30.3. The third kappa shape index (κ3) is 6.99. The minimum Gasteiger partial charge on any atom is -0.446 e. The molecule has 2 aromatic rings. The number of ether oxygens (including phenoxy) is 2. The van der Waals surface area contributed by atoms with Crippen LogP contribution in [0.15, 0.2) is 48.5 Å². The Labute approximate surface area is 256 Å². The fourth-order valence-electron chi connectivity index (χ4n) is 6.98. The fourth-order valence-corrected chi connectivity index (χ4v) is 6.98. The van der Waals surface area contributed by atoms with Crippen LogP contribution in [0, 0.1) is 11.8 Å². The minimum absolute atomic E-state index is 0.0349. The average Bonchev–Trinajstić information content (AvgIpc) is 3.70. The van der Waals surface area contributed by atoms with E-state index < -0.39 is 24.3 Å². The van der Waals surface area contributed by atoms with Crippen molar-refractivity contribution in [3.8, 4) is 0 Å². The van der Waals surface area contributed by atoms with Crippen LogP contribution in [0.4, 0.5) is 15.3 Å². The molecule has 0 aromatic heterocycles. The summed E-state index contributed by atoms with van der Waals surface area (Å²) in [5.74, 6) is 0.140. The van der Waals surface area contributed by atoms with Crippen molar-refractivity contribution in [3.63, 3.8) is 0 Å². The molecule has 44 heavy (non-hydrogen) atoms. The van der Waals surface area contributed by atoms with E-state index in [4.69, 9.17) is 9.47 Å². The molecule has 12 nitrogen and oxygen atoms in total. The highest BCUT2D eigenvalue weighted by Crippen LogP contribution is 2.38. The smallest absolute Gasteiger partial charge is 0.407 e. The van der Waals surface area contributed by atoms with E-state index in [0.717, 1.165) is 25.0 Å². The highest BCUT2D eigenvalue weighted by atomic mass is 16.6. The van der Waals surface area contributed by atoms with Crippen LogP contribution >= 0.6 is 0 Å². The zero-order valence-electron chi connectivity index (χ0n) is 24.6. The lowest BCUT2D eigenvalue weighted by atomic mass is 9.97. The Morgan fingerprint density at radius 3 is 2.64 bits per heavy atom. The number of nitrogens with one attached hydrogen (secondary N) is 4. The molecule has 2 aromatic carbocycles. The molecule has 6 rings (SSSR count). The lowest BCUT2D eigenvalue weighted by Gasteiger charge is -2.36. The van der Waals surface area contributed by atoms with Crippen LogP contribution in [0.25, 0.3) is 0 Å². The van der Waals surface area contributed by atoms with E-state index in [-0.39, 0.29) is 43.2 Å². The van der Waals surface area contributed by atoms with Crippen LogP contribution in [0.1, 0.15) is 42.0 Å². The molecule has 4 aliphatic rings. The van der Waals surface area contributed by atoms with Crippen molar-refractivity contribution in [2.45, 2.75) is 62.7 Å². The maximum absolute atomic E-state index is 13.4. The van der Waals surface area contributed by atoms with Gasteiger partial charge in [0.1, 0.15) is 12.1 Å². The summed E-state index contributed by atoms with van der Waals surface area (Å²) in [4.78, 5) is 40.2. The largest absolute Gasteiger partial charge is 0.446 e. The van der Waals surface area contributed by atoms with Gasteiger partial charge in [-0.05, 0) is 48.4 Å². The molecule has 3 fully saturated rings. The van der Waals surface area contributed by atoms with Gasteiger partial charge in [-0.2, -0.15) is 0 Å². The summed E-state index contributed by atoms with van der Waals surface area (Å²) in [6, 6.07) is 13.2. The van der Waals surface area contributed by atoms with Crippen LogP contribution in [-0.2, 0) is 27.3 Å². The third-order valence-corrected chi connectivity index (χ3v) is 9.23. The summed E-state index contributed by atoms with van der Waals surface area (Å²) < 4.78 is 11.6. The Morgan fingerprint density at radius 2 is 1.89 bits per heavy atom. The molecule has 4 amide bonds. The number of rotatable bonds is 11. The third-order valence-electron chi connectivity index (χ3n) is 9.23. The lowest BCUT2D eigenvalue weighted by molar-refractivity contribution is -0.121. The molecule has 3 aliphatic heterocycles. The van der Waals surface area contributed by atoms with Crippen molar-refractivity contribution in [2.24, 2.45) is 11.8 Å². The van der Waals surface area contributed by atoms with E-state index in [2.05, 4.69) is 21.3 Å². The molecule has 0 spiro atoms. The second-order valence-corrected chi connectivity index (χ2v) is 12.3. The maximum Gasteiger partial charge on any atom is 0.407 e. The van der Waals surface area contributed by atoms with E-state index >= 15 is 0 Å². The Morgan fingerprint density at radius 1 is 1.09 bits per heavy atom. The zero-order chi connectivity index (χ0) is 30.6. The number of aliphatic hydroxyl groups is 2. The summed E-state index contributed by atoms with van der Waals surface area (Å²) in [6.07, 6.45) is 1.03. The first-order valence-electron chi connectivity index (χ1n) is 15.5. The number of anilines is 1. The number of alkyl carbamates (subject to hydrolysis) is 1. The lowest BCUT2D eigenvalue weighted by Crippen LogP contribution is -2.55. The van der Waals surface area contributed by atoms with Crippen LogP contribution < -0.4 is 21.3 Å². The van der Waals surface area contributed by atoms with Crippen LogP contribution in [0.5, 0.6) is 0 Å². The summed E-state index contributed by atoms with van der Waals surface area (Å²) >= 11 is 0. The Bertz CT molecular complexity index is 1320. The van der Waals surface area contributed by atoms with Gasteiger partial charge in [0.15, 0.2) is 0 Å². The summed E-state index contributed by atoms with van der Waals surface area (Å²) in [7, 11) is 0. The number of aliphatic hydroxyl groups excluding tert-OH is 2. The number of fused-ring (bicyclic) bond motifs is 2. The number of benzene rings is 2. The van der Waals surface area contributed by atoms with Gasteiger partial charge in [0.2, 0.25) is 5.91 Å². The van der Waals surface area contributed by atoms with Crippen LogP contribution in [-0.4, -0.2) is 90.3 Å². The second-order valence-electron chi connectivity index (χ2n) is 12.3. The molecule has 1 aliphatic carbocycles. The quantitative estimate of drug-likeness (QED) is 0.225. The molecule has 3 unspecified atom stereocenters. The molecule has 12 heteroatoms. The molecular weight excluding hydrogens is 566 g/mol. The maximum atomic E-state index is 13.4. The van der Waals surface area contributed by atoms with Crippen molar-refractivity contribution in [1.29, 1.82) is 0 Å². The summed E-state index contributed by atoms with van der Waals surface area (Å²) in [5.41, 5.74) is 2.97. The first-order chi connectivity index (χ1) is 21.4. The monoisotopic (exact) mass is 607 g/mol. The predicted molar refractivity (Wildman–Crippen MR) is 161 cm³/mol. The fraction of sp³-hybridized carbons (Fsp3) is 0.531. The van der Waals surface area contributed by atoms with Gasteiger partial charge in [-0.25, -0.2) is 9.59 Å². The minimum atomic E-state index is -1.07. The number of carbonyl (C=O) groups excluding carboxylic acids is 3. The first-order valence-corrected chi connectivity index (χ1v) is 15.5. The van der Waals surface area contributed by atoms with Gasteiger partial charge in [-0.15, -0.1) is 0 Å². The van der Waals surface area contributed by atoms with Crippen LogP contribution in [0.2, 0.25) is 0 Å². The van der Waals surface area contributed by atoms with Crippen molar-refractivity contribution in [1.82, 2.24) is 20.9 Å². The van der Waals surface area contributed by atoms with Gasteiger partial charge in [-0.3, -0.25) is 9.69 Å². The Balaban J connectivity index is 1.21. The molecule has 0 radical (unpaired) electrons. The van der Waals surface area contributed by atoms with Crippen molar-refractivity contribution >= 4 is 23.7 Å². The van der Waals surface area contributed by atoms with E-state index in [9.17, 15) is 24.6 Å².